The molecule has 18 heavy (non-hydrogen) atoms. The Balaban J connectivity index is 1.71. The van der Waals surface area contributed by atoms with Crippen molar-refractivity contribution in [3.05, 3.63) is 35.9 Å². The van der Waals surface area contributed by atoms with E-state index in [2.05, 4.69) is 36.2 Å². The number of hydrogen-bond acceptors (Lipinski definition) is 2. The summed E-state index contributed by atoms with van der Waals surface area (Å²) in [7, 11) is 2.07. The van der Waals surface area contributed by atoms with Crippen LogP contribution < -0.4 is 0 Å². The molecule has 1 fully saturated rings. The zero-order valence-electron chi connectivity index (χ0n) is 11.1. The molecule has 0 N–H and O–H groups in total. The Labute approximate surface area is 109 Å². The van der Waals surface area contributed by atoms with Crippen LogP contribution in [0, 0.1) is 0 Å². The van der Waals surface area contributed by atoms with Gasteiger partial charge in [-0.1, -0.05) is 30.3 Å². The van der Waals surface area contributed by atoms with Crippen LogP contribution in [0.4, 0.5) is 0 Å². The first-order chi connectivity index (χ1) is 8.75. The number of amides is 1. The zero-order valence-corrected chi connectivity index (χ0v) is 11.1. The highest BCUT2D eigenvalue weighted by Gasteiger charge is 2.17. The summed E-state index contributed by atoms with van der Waals surface area (Å²) < 4.78 is 0. The lowest BCUT2D eigenvalue weighted by atomic mass is 10.2. The van der Waals surface area contributed by atoms with Crippen molar-refractivity contribution < 1.29 is 4.79 Å². The first kappa shape index (κ1) is 13.1. The van der Waals surface area contributed by atoms with Crippen LogP contribution in [0.3, 0.4) is 0 Å². The third-order valence-corrected chi connectivity index (χ3v) is 3.46. The molecule has 0 aliphatic carbocycles. The minimum absolute atomic E-state index is 0.312. The van der Waals surface area contributed by atoms with E-state index in [9.17, 15) is 4.79 Å². The van der Waals surface area contributed by atoms with E-state index in [1.165, 1.54) is 18.4 Å². The van der Waals surface area contributed by atoms with Gasteiger partial charge < -0.3 is 9.80 Å². The van der Waals surface area contributed by atoms with Gasteiger partial charge in [-0.2, -0.15) is 0 Å². The van der Waals surface area contributed by atoms with Crippen molar-refractivity contribution >= 4 is 5.91 Å². The van der Waals surface area contributed by atoms with Gasteiger partial charge in [0.05, 0.1) is 0 Å². The van der Waals surface area contributed by atoms with Crippen LogP contribution in [0.2, 0.25) is 0 Å². The highest BCUT2D eigenvalue weighted by atomic mass is 16.2. The molecule has 1 saturated heterocycles. The van der Waals surface area contributed by atoms with Crippen LogP contribution in [0.15, 0.2) is 30.3 Å². The average Bonchev–Trinajstić information content (AvgIpc) is 2.91. The largest absolute Gasteiger partial charge is 0.343 e. The molecule has 98 valence electrons. The van der Waals surface area contributed by atoms with Gasteiger partial charge in [-0.3, -0.25) is 4.79 Å². The number of nitrogens with zero attached hydrogens (tertiary/aromatic N) is 2. The number of hydrogen-bond donors (Lipinski definition) is 0. The summed E-state index contributed by atoms with van der Waals surface area (Å²) in [4.78, 5) is 16.1. The average molecular weight is 246 g/mol. The van der Waals surface area contributed by atoms with Crippen LogP contribution in [0.5, 0.6) is 0 Å². The normalized spacial score (nSPS) is 15.3. The lowest BCUT2D eigenvalue weighted by Crippen LogP contribution is -2.31. The Kier molecular flexibility index (Phi) is 4.76. The molecule has 1 heterocycles. The predicted molar refractivity (Wildman–Crippen MR) is 73.2 cm³/mol. The zero-order chi connectivity index (χ0) is 12.8. The van der Waals surface area contributed by atoms with E-state index in [1.807, 2.05) is 11.0 Å². The Bertz CT molecular complexity index is 371. The Morgan fingerprint density at radius 2 is 1.89 bits per heavy atom. The number of carbonyl (C=O) groups is 1. The molecule has 0 radical (unpaired) electrons. The first-order valence-electron chi connectivity index (χ1n) is 6.76. The van der Waals surface area contributed by atoms with Gasteiger partial charge in [-0.15, -0.1) is 0 Å². The second kappa shape index (κ2) is 6.55. The molecule has 0 bridgehead atoms. The molecule has 3 heteroatoms. The lowest BCUT2D eigenvalue weighted by molar-refractivity contribution is -0.130. The van der Waals surface area contributed by atoms with E-state index in [1.54, 1.807) is 0 Å². The van der Waals surface area contributed by atoms with E-state index in [4.69, 9.17) is 0 Å². The van der Waals surface area contributed by atoms with Gasteiger partial charge in [0.15, 0.2) is 0 Å². The molecule has 1 aliphatic rings. The Morgan fingerprint density at radius 1 is 1.22 bits per heavy atom. The molecular weight excluding hydrogens is 224 g/mol. The van der Waals surface area contributed by atoms with Gasteiger partial charge >= 0.3 is 0 Å². The summed E-state index contributed by atoms with van der Waals surface area (Å²) >= 11 is 0. The maximum absolute atomic E-state index is 11.9. The van der Waals surface area contributed by atoms with Gasteiger partial charge in [0, 0.05) is 32.6 Å². The SMILES string of the molecule is CN(CCC(=O)N1CCCC1)Cc1ccccc1. The Morgan fingerprint density at radius 3 is 2.56 bits per heavy atom. The van der Waals surface area contributed by atoms with Gasteiger partial charge in [-0.05, 0) is 25.5 Å². The molecule has 2 rings (SSSR count). The molecule has 1 aliphatic heterocycles. The fourth-order valence-corrected chi connectivity index (χ4v) is 2.39. The van der Waals surface area contributed by atoms with Crippen LogP contribution in [-0.4, -0.2) is 42.4 Å². The fraction of sp³-hybridized carbons (Fsp3) is 0.533. The molecule has 0 unspecified atom stereocenters. The molecule has 0 saturated carbocycles. The van der Waals surface area contributed by atoms with Crippen molar-refractivity contribution in [3.8, 4) is 0 Å². The van der Waals surface area contributed by atoms with Crippen LogP contribution in [0.25, 0.3) is 0 Å². The number of rotatable bonds is 5. The van der Waals surface area contributed by atoms with E-state index in [0.29, 0.717) is 12.3 Å². The van der Waals surface area contributed by atoms with E-state index in [-0.39, 0.29) is 0 Å². The second-order valence-electron chi connectivity index (χ2n) is 5.06. The summed E-state index contributed by atoms with van der Waals surface area (Å²) in [6, 6.07) is 10.4. The summed E-state index contributed by atoms with van der Waals surface area (Å²) in [5.41, 5.74) is 1.30. The maximum atomic E-state index is 11.9. The quantitative estimate of drug-likeness (QED) is 0.794. The number of likely N-dealkylation sites (tertiary alicyclic amines) is 1. The molecule has 1 aromatic carbocycles. The standard InChI is InChI=1S/C15H22N2O/c1-16(13-14-7-3-2-4-8-14)12-9-15(18)17-10-5-6-11-17/h2-4,7-8H,5-6,9-13H2,1H3. The molecule has 0 aromatic heterocycles. The minimum atomic E-state index is 0.312. The fourth-order valence-electron chi connectivity index (χ4n) is 2.39. The van der Waals surface area contributed by atoms with Crippen molar-refractivity contribution in [2.75, 3.05) is 26.7 Å². The smallest absolute Gasteiger partial charge is 0.223 e. The van der Waals surface area contributed by atoms with E-state index >= 15 is 0 Å². The van der Waals surface area contributed by atoms with Crippen molar-refractivity contribution in [1.82, 2.24) is 9.80 Å². The van der Waals surface area contributed by atoms with Crippen LogP contribution >= 0.6 is 0 Å². The molecule has 1 amide bonds. The van der Waals surface area contributed by atoms with Crippen molar-refractivity contribution in [1.29, 1.82) is 0 Å². The lowest BCUT2D eigenvalue weighted by Gasteiger charge is -2.19. The van der Waals surface area contributed by atoms with E-state index < -0.39 is 0 Å². The summed E-state index contributed by atoms with van der Waals surface area (Å²) in [5, 5.41) is 0. The topological polar surface area (TPSA) is 23.6 Å². The third kappa shape index (κ3) is 3.84. The summed E-state index contributed by atoms with van der Waals surface area (Å²) in [5.74, 6) is 0.312. The number of carbonyl (C=O) groups excluding carboxylic acids is 1. The first-order valence-corrected chi connectivity index (χ1v) is 6.76. The highest BCUT2D eigenvalue weighted by Crippen LogP contribution is 2.09. The summed E-state index contributed by atoms with van der Waals surface area (Å²) in [6.45, 7) is 3.67. The minimum Gasteiger partial charge on any atom is -0.343 e. The molecule has 0 spiro atoms. The van der Waals surface area contributed by atoms with Crippen molar-refractivity contribution in [3.63, 3.8) is 0 Å². The molecule has 0 atom stereocenters. The summed E-state index contributed by atoms with van der Waals surface area (Å²) in [6.07, 6.45) is 2.99. The van der Waals surface area contributed by atoms with Gasteiger partial charge in [0.1, 0.15) is 0 Å². The molecular formula is C15H22N2O. The van der Waals surface area contributed by atoms with Gasteiger partial charge in [0.25, 0.3) is 0 Å². The molecule has 3 nitrogen and oxygen atoms in total. The Hall–Kier alpha value is -1.35. The predicted octanol–water partition coefficient (Wildman–Crippen LogP) is 2.13. The van der Waals surface area contributed by atoms with Gasteiger partial charge in [-0.25, -0.2) is 0 Å². The third-order valence-electron chi connectivity index (χ3n) is 3.46. The molecule has 1 aromatic rings. The monoisotopic (exact) mass is 246 g/mol. The number of benzene rings is 1. The van der Waals surface area contributed by atoms with Crippen LogP contribution in [-0.2, 0) is 11.3 Å². The highest BCUT2D eigenvalue weighted by molar-refractivity contribution is 5.76. The second-order valence-corrected chi connectivity index (χ2v) is 5.06. The van der Waals surface area contributed by atoms with Gasteiger partial charge in [0.2, 0.25) is 5.91 Å². The van der Waals surface area contributed by atoms with Crippen LogP contribution in [0.1, 0.15) is 24.8 Å². The maximum Gasteiger partial charge on any atom is 0.223 e. The van der Waals surface area contributed by atoms with Crippen molar-refractivity contribution in [2.45, 2.75) is 25.8 Å². The van der Waals surface area contributed by atoms with Crippen molar-refractivity contribution in [2.24, 2.45) is 0 Å². The van der Waals surface area contributed by atoms with E-state index in [0.717, 1.165) is 26.2 Å².